The quantitative estimate of drug-likeness (QED) is 0.876. The Hall–Kier alpha value is -1.06. The molecular formula is C16H23ClN2O. The molecule has 1 aliphatic rings. The molecule has 1 aliphatic heterocycles. The number of rotatable bonds is 5. The molecule has 0 radical (unpaired) electrons. The van der Waals surface area contributed by atoms with E-state index in [1.807, 2.05) is 38.1 Å². The third kappa shape index (κ3) is 4.22. The van der Waals surface area contributed by atoms with E-state index in [1.54, 1.807) is 0 Å². The van der Waals surface area contributed by atoms with E-state index in [0.717, 1.165) is 25.1 Å². The fourth-order valence-electron chi connectivity index (χ4n) is 2.66. The Bertz CT molecular complexity index is 467. The Morgan fingerprint density at radius 1 is 1.50 bits per heavy atom. The second-order valence-electron chi connectivity index (χ2n) is 6.08. The fraction of sp³-hybridized carbons (Fsp3) is 0.562. The predicted molar refractivity (Wildman–Crippen MR) is 82.8 cm³/mol. The summed E-state index contributed by atoms with van der Waals surface area (Å²) >= 11 is 6.02. The van der Waals surface area contributed by atoms with E-state index in [0.29, 0.717) is 17.4 Å². The molecule has 1 heterocycles. The van der Waals surface area contributed by atoms with Gasteiger partial charge in [0.25, 0.3) is 0 Å². The topological polar surface area (TPSA) is 41.1 Å². The maximum Gasteiger partial charge on any atom is 0.220 e. The van der Waals surface area contributed by atoms with Gasteiger partial charge in [0.05, 0.1) is 5.54 Å². The first kappa shape index (κ1) is 15.3. The molecule has 2 N–H and O–H groups in total. The van der Waals surface area contributed by atoms with Crippen LogP contribution in [0.5, 0.6) is 0 Å². The molecule has 1 amide bonds. The minimum absolute atomic E-state index is 0.113. The Labute approximate surface area is 126 Å². The Morgan fingerprint density at radius 3 is 2.95 bits per heavy atom. The molecule has 110 valence electrons. The van der Waals surface area contributed by atoms with Gasteiger partial charge in [-0.3, -0.25) is 4.79 Å². The summed E-state index contributed by atoms with van der Waals surface area (Å²) in [7, 11) is 0. The maximum atomic E-state index is 12.1. The summed E-state index contributed by atoms with van der Waals surface area (Å²) in [6, 6.07) is 7.65. The lowest BCUT2D eigenvalue weighted by Crippen LogP contribution is -2.41. The number of hydrogen-bond acceptors (Lipinski definition) is 2. The van der Waals surface area contributed by atoms with Gasteiger partial charge in [-0.2, -0.15) is 0 Å². The average Bonchev–Trinajstić information content (AvgIpc) is 2.89. The zero-order valence-electron chi connectivity index (χ0n) is 12.2. The molecule has 0 saturated carbocycles. The first-order chi connectivity index (χ1) is 9.47. The van der Waals surface area contributed by atoms with Gasteiger partial charge in [-0.15, -0.1) is 0 Å². The van der Waals surface area contributed by atoms with Crippen LogP contribution in [0.4, 0.5) is 0 Å². The third-order valence-electron chi connectivity index (χ3n) is 3.94. The van der Waals surface area contributed by atoms with Crippen molar-refractivity contribution in [1.29, 1.82) is 0 Å². The number of hydrogen-bond donors (Lipinski definition) is 2. The van der Waals surface area contributed by atoms with E-state index in [-0.39, 0.29) is 5.91 Å². The van der Waals surface area contributed by atoms with E-state index in [2.05, 4.69) is 10.6 Å². The van der Waals surface area contributed by atoms with Gasteiger partial charge in [-0.25, -0.2) is 0 Å². The second-order valence-corrected chi connectivity index (χ2v) is 6.52. The smallest absolute Gasteiger partial charge is 0.220 e. The zero-order chi connectivity index (χ0) is 14.6. The van der Waals surface area contributed by atoms with Gasteiger partial charge in [0, 0.05) is 11.4 Å². The van der Waals surface area contributed by atoms with Crippen molar-refractivity contribution >= 4 is 17.5 Å². The van der Waals surface area contributed by atoms with Gasteiger partial charge in [-0.1, -0.05) is 23.7 Å². The lowest BCUT2D eigenvalue weighted by Gasteiger charge is -2.27. The number of carbonyl (C=O) groups excluding carboxylic acids is 1. The molecular weight excluding hydrogens is 272 g/mol. The number of benzene rings is 1. The Morgan fingerprint density at radius 2 is 2.30 bits per heavy atom. The molecule has 0 spiro atoms. The van der Waals surface area contributed by atoms with Crippen molar-refractivity contribution in [3.05, 3.63) is 34.9 Å². The van der Waals surface area contributed by atoms with E-state index in [4.69, 9.17) is 11.6 Å². The normalized spacial score (nSPS) is 19.1. The summed E-state index contributed by atoms with van der Waals surface area (Å²) in [6.07, 6.45) is 2.74. The maximum absolute atomic E-state index is 12.1. The van der Waals surface area contributed by atoms with Crippen LogP contribution in [-0.4, -0.2) is 19.0 Å². The molecule has 0 aliphatic carbocycles. The SMILES string of the molecule is CC(C)(NC(=O)CCC1CCNC1)c1cccc(Cl)c1. The minimum Gasteiger partial charge on any atom is -0.347 e. The minimum atomic E-state index is -0.393. The molecule has 4 heteroatoms. The highest BCUT2D eigenvalue weighted by atomic mass is 35.5. The Balaban J connectivity index is 1.88. The molecule has 2 rings (SSSR count). The molecule has 1 saturated heterocycles. The van der Waals surface area contributed by atoms with Crippen LogP contribution in [0.1, 0.15) is 38.7 Å². The van der Waals surface area contributed by atoms with Gasteiger partial charge in [0.1, 0.15) is 0 Å². The molecule has 1 fully saturated rings. The number of carbonyl (C=O) groups is 1. The van der Waals surface area contributed by atoms with Crippen LogP contribution in [0, 0.1) is 5.92 Å². The first-order valence-electron chi connectivity index (χ1n) is 7.25. The highest BCUT2D eigenvalue weighted by Gasteiger charge is 2.23. The number of nitrogens with one attached hydrogen (secondary N) is 2. The second kappa shape index (κ2) is 6.59. The lowest BCUT2D eigenvalue weighted by atomic mass is 9.93. The fourth-order valence-corrected chi connectivity index (χ4v) is 2.85. The first-order valence-corrected chi connectivity index (χ1v) is 7.63. The van der Waals surface area contributed by atoms with Crippen LogP contribution in [-0.2, 0) is 10.3 Å². The van der Waals surface area contributed by atoms with Gasteiger partial charge in [0.15, 0.2) is 0 Å². The molecule has 3 nitrogen and oxygen atoms in total. The van der Waals surface area contributed by atoms with Crippen LogP contribution in [0.15, 0.2) is 24.3 Å². The average molecular weight is 295 g/mol. The summed E-state index contributed by atoms with van der Waals surface area (Å²) in [5.74, 6) is 0.761. The molecule has 1 aromatic carbocycles. The molecule has 1 unspecified atom stereocenters. The predicted octanol–water partition coefficient (Wildman–Crippen LogP) is 3.08. The largest absolute Gasteiger partial charge is 0.347 e. The van der Waals surface area contributed by atoms with Crippen LogP contribution in [0.2, 0.25) is 5.02 Å². The number of halogens is 1. The van der Waals surface area contributed by atoms with Crippen LogP contribution in [0.3, 0.4) is 0 Å². The molecule has 1 atom stereocenters. The van der Waals surface area contributed by atoms with Gasteiger partial charge >= 0.3 is 0 Å². The van der Waals surface area contributed by atoms with Crippen molar-refractivity contribution in [2.75, 3.05) is 13.1 Å². The van der Waals surface area contributed by atoms with E-state index in [9.17, 15) is 4.79 Å². The summed E-state index contributed by atoms with van der Waals surface area (Å²) in [5.41, 5.74) is 0.636. The van der Waals surface area contributed by atoms with E-state index in [1.165, 1.54) is 6.42 Å². The zero-order valence-corrected chi connectivity index (χ0v) is 13.0. The lowest BCUT2D eigenvalue weighted by molar-refractivity contribution is -0.123. The van der Waals surface area contributed by atoms with Gasteiger partial charge in [0.2, 0.25) is 5.91 Å². The molecule has 20 heavy (non-hydrogen) atoms. The number of amides is 1. The third-order valence-corrected chi connectivity index (χ3v) is 4.18. The van der Waals surface area contributed by atoms with Crippen LogP contribution < -0.4 is 10.6 Å². The van der Waals surface area contributed by atoms with E-state index >= 15 is 0 Å². The molecule has 0 bridgehead atoms. The van der Waals surface area contributed by atoms with Crippen molar-refractivity contribution in [3.63, 3.8) is 0 Å². The summed E-state index contributed by atoms with van der Waals surface area (Å²) in [4.78, 5) is 12.1. The van der Waals surface area contributed by atoms with Crippen LogP contribution in [0.25, 0.3) is 0 Å². The van der Waals surface area contributed by atoms with Crippen molar-refractivity contribution in [2.24, 2.45) is 5.92 Å². The molecule has 1 aromatic rings. The highest BCUT2D eigenvalue weighted by molar-refractivity contribution is 6.30. The summed E-state index contributed by atoms with van der Waals surface area (Å²) in [5, 5.41) is 7.13. The summed E-state index contributed by atoms with van der Waals surface area (Å²) in [6.45, 7) is 6.15. The van der Waals surface area contributed by atoms with Crippen LogP contribution >= 0.6 is 11.6 Å². The monoisotopic (exact) mass is 294 g/mol. The van der Waals surface area contributed by atoms with Crippen molar-refractivity contribution in [1.82, 2.24) is 10.6 Å². The standard InChI is InChI=1S/C16H23ClN2O/c1-16(2,13-4-3-5-14(17)10-13)19-15(20)7-6-12-8-9-18-11-12/h3-5,10,12,18H,6-9,11H2,1-2H3,(H,19,20). The van der Waals surface area contributed by atoms with Crippen molar-refractivity contribution < 1.29 is 4.79 Å². The summed E-state index contributed by atoms with van der Waals surface area (Å²) < 4.78 is 0. The van der Waals surface area contributed by atoms with Crippen molar-refractivity contribution in [2.45, 2.75) is 38.6 Å². The van der Waals surface area contributed by atoms with E-state index < -0.39 is 5.54 Å². The highest BCUT2D eigenvalue weighted by Crippen LogP contribution is 2.23. The molecule has 0 aromatic heterocycles. The van der Waals surface area contributed by atoms with Gasteiger partial charge < -0.3 is 10.6 Å². The Kier molecular flexibility index (Phi) is 5.06. The van der Waals surface area contributed by atoms with Gasteiger partial charge in [-0.05, 0) is 63.4 Å². The van der Waals surface area contributed by atoms with Crippen molar-refractivity contribution in [3.8, 4) is 0 Å².